The molecule has 1 aromatic heterocycles. The van der Waals surface area contributed by atoms with Gasteiger partial charge in [0.2, 0.25) is 0 Å². The number of benzene rings is 1. The van der Waals surface area contributed by atoms with Gasteiger partial charge in [0.05, 0.1) is 11.5 Å². The molecule has 1 fully saturated rings. The number of hydrogen-bond donors (Lipinski definition) is 2. The number of hydrogen-bond acceptors (Lipinski definition) is 3. The Hall–Kier alpha value is -2.63. The number of rotatable bonds is 4. The van der Waals surface area contributed by atoms with Gasteiger partial charge in [-0.05, 0) is 43.5 Å². The van der Waals surface area contributed by atoms with E-state index in [1.165, 1.54) is 12.1 Å². The molecule has 6 heteroatoms. The summed E-state index contributed by atoms with van der Waals surface area (Å²) in [5.41, 5.74) is 0.290. The van der Waals surface area contributed by atoms with Gasteiger partial charge in [-0.2, -0.15) is 0 Å². The topological polar surface area (TPSA) is 79.5 Å². The summed E-state index contributed by atoms with van der Waals surface area (Å²) in [7, 11) is 0. The summed E-state index contributed by atoms with van der Waals surface area (Å²) >= 11 is 0. The van der Waals surface area contributed by atoms with E-state index in [-0.39, 0.29) is 17.6 Å². The first kappa shape index (κ1) is 15.3. The molecule has 1 heterocycles. The average Bonchev–Trinajstić information content (AvgIpc) is 3.16. The molecule has 0 radical (unpaired) electrons. The number of nitrogens with one attached hydrogen (secondary N) is 1. The lowest BCUT2D eigenvalue weighted by molar-refractivity contribution is -0.141. The molecule has 2 N–H and O–H groups in total. The van der Waals surface area contributed by atoms with E-state index in [9.17, 15) is 14.0 Å². The molecule has 2 atom stereocenters. The molecule has 1 amide bonds. The van der Waals surface area contributed by atoms with Gasteiger partial charge in [-0.15, -0.1) is 0 Å². The fraction of sp³-hybridized carbons (Fsp3) is 0.294. The normalized spacial score (nSPS) is 20.4. The summed E-state index contributed by atoms with van der Waals surface area (Å²) in [6.07, 6.45) is 1.60. The van der Waals surface area contributed by atoms with E-state index >= 15 is 0 Å². The van der Waals surface area contributed by atoms with Crippen molar-refractivity contribution in [2.45, 2.75) is 25.3 Å². The standard InChI is InChI=1S/C17H16FNO4/c18-13-4-2-1-3-12(13)14-7-8-15(23-14)16(20)19-11-6-5-10(9-11)17(21)22/h1-4,7-8,10-11H,5-6,9H2,(H,19,20)(H,21,22)/t10-,11+/m1/s1. The summed E-state index contributed by atoms with van der Waals surface area (Å²) in [5, 5.41) is 11.7. The van der Waals surface area contributed by atoms with Crippen LogP contribution in [0.1, 0.15) is 29.8 Å². The first-order valence-electron chi connectivity index (χ1n) is 7.43. The van der Waals surface area contributed by atoms with Crippen molar-refractivity contribution in [1.82, 2.24) is 5.32 Å². The van der Waals surface area contributed by atoms with Crippen LogP contribution in [-0.2, 0) is 4.79 Å². The van der Waals surface area contributed by atoms with Gasteiger partial charge in [-0.3, -0.25) is 9.59 Å². The van der Waals surface area contributed by atoms with Gasteiger partial charge < -0.3 is 14.8 Å². The van der Waals surface area contributed by atoms with E-state index in [0.29, 0.717) is 24.8 Å². The van der Waals surface area contributed by atoms with Crippen LogP contribution in [0.3, 0.4) is 0 Å². The Labute approximate surface area is 132 Å². The Kier molecular flexibility index (Phi) is 4.14. The second-order valence-electron chi connectivity index (χ2n) is 5.66. The first-order chi connectivity index (χ1) is 11.0. The second-order valence-corrected chi connectivity index (χ2v) is 5.66. The monoisotopic (exact) mass is 317 g/mol. The minimum atomic E-state index is -0.832. The van der Waals surface area contributed by atoms with Gasteiger partial charge in [0.15, 0.2) is 5.76 Å². The molecule has 1 aliphatic carbocycles. The predicted molar refractivity (Wildman–Crippen MR) is 80.3 cm³/mol. The molecule has 5 nitrogen and oxygen atoms in total. The van der Waals surface area contributed by atoms with Crippen LogP contribution < -0.4 is 5.32 Å². The van der Waals surface area contributed by atoms with Crippen LogP contribution in [0.15, 0.2) is 40.8 Å². The Morgan fingerprint density at radius 2 is 1.96 bits per heavy atom. The molecule has 120 valence electrons. The smallest absolute Gasteiger partial charge is 0.306 e. The summed E-state index contributed by atoms with van der Waals surface area (Å²) < 4.78 is 19.1. The van der Waals surface area contributed by atoms with Gasteiger partial charge >= 0.3 is 5.97 Å². The maximum Gasteiger partial charge on any atom is 0.306 e. The number of aliphatic carboxylic acids is 1. The van der Waals surface area contributed by atoms with Crippen LogP contribution in [0.2, 0.25) is 0 Å². The van der Waals surface area contributed by atoms with Crippen molar-refractivity contribution in [2.75, 3.05) is 0 Å². The number of carbonyl (C=O) groups excluding carboxylic acids is 1. The quantitative estimate of drug-likeness (QED) is 0.908. The SMILES string of the molecule is O=C(N[C@H]1CC[C@@H](C(=O)O)C1)c1ccc(-c2ccccc2F)o1. The Balaban J connectivity index is 1.68. The van der Waals surface area contributed by atoms with Gasteiger partial charge in [-0.25, -0.2) is 4.39 Å². The number of amides is 1. The van der Waals surface area contributed by atoms with Crippen molar-refractivity contribution in [3.8, 4) is 11.3 Å². The van der Waals surface area contributed by atoms with Gasteiger partial charge in [-0.1, -0.05) is 12.1 Å². The summed E-state index contributed by atoms with van der Waals surface area (Å²) in [5.74, 6) is -1.71. The predicted octanol–water partition coefficient (Wildman–Crippen LogP) is 3.07. The van der Waals surface area contributed by atoms with E-state index in [2.05, 4.69) is 5.32 Å². The highest BCUT2D eigenvalue weighted by atomic mass is 19.1. The minimum Gasteiger partial charge on any atom is -0.481 e. The lowest BCUT2D eigenvalue weighted by Crippen LogP contribution is -2.33. The number of halogens is 1. The molecule has 23 heavy (non-hydrogen) atoms. The summed E-state index contributed by atoms with van der Waals surface area (Å²) in [6.45, 7) is 0. The maximum absolute atomic E-state index is 13.7. The average molecular weight is 317 g/mol. The maximum atomic E-state index is 13.7. The van der Waals surface area contributed by atoms with E-state index in [0.717, 1.165) is 0 Å². The third-order valence-corrected chi connectivity index (χ3v) is 4.09. The third kappa shape index (κ3) is 3.26. The number of carbonyl (C=O) groups is 2. The lowest BCUT2D eigenvalue weighted by Gasteiger charge is -2.10. The van der Waals surface area contributed by atoms with Gasteiger partial charge in [0.25, 0.3) is 5.91 Å². The van der Waals surface area contributed by atoms with E-state index in [4.69, 9.17) is 9.52 Å². The Bertz CT molecular complexity index is 740. The van der Waals surface area contributed by atoms with Crippen molar-refractivity contribution >= 4 is 11.9 Å². The molecule has 0 unspecified atom stereocenters. The molecule has 0 saturated heterocycles. The van der Waals surface area contributed by atoms with Crippen molar-refractivity contribution < 1.29 is 23.5 Å². The number of carboxylic acids is 1. The first-order valence-corrected chi connectivity index (χ1v) is 7.43. The molecule has 2 aromatic rings. The fourth-order valence-electron chi connectivity index (χ4n) is 2.86. The molecule has 0 spiro atoms. The molecular formula is C17H16FNO4. The zero-order valence-electron chi connectivity index (χ0n) is 12.3. The van der Waals surface area contributed by atoms with E-state index < -0.39 is 23.6 Å². The van der Waals surface area contributed by atoms with Crippen LogP contribution >= 0.6 is 0 Å². The van der Waals surface area contributed by atoms with Crippen molar-refractivity contribution in [1.29, 1.82) is 0 Å². The van der Waals surface area contributed by atoms with Crippen LogP contribution in [0.4, 0.5) is 4.39 Å². The highest BCUT2D eigenvalue weighted by Gasteiger charge is 2.31. The zero-order valence-corrected chi connectivity index (χ0v) is 12.3. The van der Waals surface area contributed by atoms with Crippen molar-refractivity contribution in [3.05, 3.63) is 48.0 Å². The lowest BCUT2D eigenvalue weighted by atomic mass is 10.1. The zero-order chi connectivity index (χ0) is 16.4. The molecule has 0 aliphatic heterocycles. The van der Waals surface area contributed by atoms with E-state index in [1.807, 2.05) is 0 Å². The van der Waals surface area contributed by atoms with E-state index in [1.54, 1.807) is 24.3 Å². The molecular weight excluding hydrogens is 301 g/mol. The van der Waals surface area contributed by atoms with Crippen LogP contribution in [0.25, 0.3) is 11.3 Å². The molecule has 1 aliphatic rings. The molecule has 1 saturated carbocycles. The summed E-state index contributed by atoms with van der Waals surface area (Å²) in [4.78, 5) is 23.1. The highest BCUT2D eigenvalue weighted by Crippen LogP contribution is 2.27. The molecule has 3 rings (SSSR count). The molecule has 0 bridgehead atoms. The van der Waals surface area contributed by atoms with Gasteiger partial charge in [0, 0.05) is 6.04 Å². The van der Waals surface area contributed by atoms with Crippen LogP contribution in [0.5, 0.6) is 0 Å². The fourth-order valence-corrected chi connectivity index (χ4v) is 2.86. The number of furan rings is 1. The van der Waals surface area contributed by atoms with Crippen molar-refractivity contribution in [2.24, 2.45) is 5.92 Å². The Morgan fingerprint density at radius 3 is 2.65 bits per heavy atom. The van der Waals surface area contributed by atoms with Crippen LogP contribution in [0, 0.1) is 11.7 Å². The van der Waals surface area contributed by atoms with Crippen LogP contribution in [-0.4, -0.2) is 23.0 Å². The Morgan fingerprint density at radius 1 is 1.17 bits per heavy atom. The largest absolute Gasteiger partial charge is 0.481 e. The van der Waals surface area contributed by atoms with Gasteiger partial charge in [0.1, 0.15) is 11.6 Å². The second kappa shape index (κ2) is 6.24. The summed E-state index contributed by atoms with van der Waals surface area (Å²) in [6, 6.07) is 9.01. The number of carboxylic acid groups (broad SMARTS) is 1. The highest BCUT2D eigenvalue weighted by molar-refractivity contribution is 5.92. The molecule has 1 aromatic carbocycles. The third-order valence-electron chi connectivity index (χ3n) is 4.09. The minimum absolute atomic E-state index is 0.0852. The van der Waals surface area contributed by atoms with Crippen molar-refractivity contribution in [3.63, 3.8) is 0 Å².